The number of hydrogen-bond acceptors (Lipinski definition) is 2. The van der Waals surface area contributed by atoms with Gasteiger partial charge in [0.1, 0.15) is 5.75 Å². The minimum Gasteiger partial charge on any atom is -0.445 e. The summed E-state index contributed by atoms with van der Waals surface area (Å²) in [4.78, 5) is 0. The van der Waals surface area contributed by atoms with Crippen LogP contribution in [0, 0.1) is 0 Å². The van der Waals surface area contributed by atoms with Gasteiger partial charge in [0.2, 0.25) is 0 Å². The first-order valence-electron chi connectivity index (χ1n) is 4.79. The zero-order valence-corrected chi connectivity index (χ0v) is 9.96. The Morgan fingerprint density at radius 2 is 1.56 bits per heavy atom. The van der Waals surface area contributed by atoms with Gasteiger partial charge < -0.3 is 4.74 Å². The maximum absolute atomic E-state index is 6.02. The molecule has 2 aromatic carbocycles. The molecule has 0 unspecified atom stereocenters. The summed E-state index contributed by atoms with van der Waals surface area (Å²) in [6, 6.07) is 16.8. The van der Waals surface area contributed by atoms with E-state index in [0.717, 1.165) is 5.56 Å². The summed E-state index contributed by atoms with van der Waals surface area (Å²) in [6.45, 7) is 0. The second kappa shape index (κ2) is 5.10. The third-order valence-electron chi connectivity index (χ3n) is 2.05. The van der Waals surface area contributed by atoms with Gasteiger partial charge in [-0.1, -0.05) is 41.9 Å². The van der Waals surface area contributed by atoms with Gasteiger partial charge in [0, 0.05) is 5.56 Å². The molecule has 0 aliphatic heterocycles. The van der Waals surface area contributed by atoms with Crippen LogP contribution in [-0.4, -0.2) is 5.05 Å². The SMILES string of the molecule is S=C(Oc1ccccc1)c1ccccc1Cl. The summed E-state index contributed by atoms with van der Waals surface area (Å²) in [6.07, 6.45) is 0. The molecule has 0 saturated carbocycles. The lowest BCUT2D eigenvalue weighted by molar-refractivity contribution is 0.566. The first kappa shape index (κ1) is 11.1. The van der Waals surface area contributed by atoms with Crippen molar-refractivity contribution in [3.8, 4) is 5.75 Å². The van der Waals surface area contributed by atoms with Crippen molar-refractivity contribution in [2.75, 3.05) is 0 Å². The topological polar surface area (TPSA) is 9.23 Å². The molecule has 0 N–H and O–H groups in total. The number of hydrogen-bond donors (Lipinski definition) is 0. The fraction of sp³-hybridized carbons (Fsp3) is 0. The van der Waals surface area contributed by atoms with E-state index in [1.807, 2.05) is 48.5 Å². The Hall–Kier alpha value is -1.38. The van der Waals surface area contributed by atoms with Crippen molar-refractivity contribution in [1.82, 2.24) is 0 Å². The smallest absolute Gasteiger partial charge is 0.199 e. The third kappa shape index (κ3) is 2.60. The quantitative estimate of drug-likeness (QED) is 0.741. The van der Waals surface area contributed by atoms with Gasteiger partial charge >= 0.3 is 0 Å². The van der Waals surface area contributed by atoms with E-state index >= 15 is 0 Å². The molecule has 0 fully saturated rings. The van der Waals surface area contributed by atoms with Crippen LogP contribution in [0.1, 0.15) is 5.56 Å². The van der Waals surface area contributed by atoms with Crippen LogP contribution >= 0.6 is 23.8 Å². The van der Waals surface area contributed by atoms with Crippen molar-refractivity contribution in [3.63, 3.8) is 0 Å². The van der Waals surface area contributed by atoms with Gasteiger partial charge in [0.15, 0.2) is 5.05 Å². The molecule has 16 heavy (non-hydrogen) atoms. The molecule has 0 heterocycles. The van der Waals surface area contributed by atoms with Gasteiger partial charge in [0.05, 0.1) is 5.02 Å². The lowest BCUT2D eigenvalue weighted by atomic mass is 10.2. The van der Waals surface area contributed by atoms with E-state index in [2.05, 4.69) is 0 Å². The predicted molar refractivity (Wildman–Crippen MR) is 70.2 cm³/mol. The molecule has 0 spiro atoms. The monoisotopic (exact) mass is 248 g/mol. The Kier molecular flexibility index (Phi) is 3.54. The lowest BCUT2D eigenvalue weighted by Crippen LogP contribution is -2.07. The second-order valence-corrected chi connectivity index (χ2v) is 3.96. The molecule has 0 bridgehead atoms. The molecule has 80 valence electrons. The van der Waals surface area contributed by atoms with E-state index in [1.165, 1.54) is 0 Å². The molecule has 2 aromatic rings. The molecule has 2 rings (SSSR count). The van der Waals surface area contributed by atoms with Gasteiger partial charge in [-0.2, -0.15) is 0 Å². The van der Waals surface area contributed by atoms with Crippen molar-refractivity contribution in [2.45, 2.75) is 0 Å². The highest BCUT2D eigenvalue weighted by Gasteiger charge is 2.07. The molecular formula is C13H9ClOS. The highest BCUT2D eigenvalue weighted by atomic mass is 35.5. The Labute approximate surface area is 105 Å². The first-order valence-corrected chi connectivity index (χ1v) is 5.58. The average Bonchev–Trinajstić information content (AvgIpc) is 2.31. The van der Waals surface area contributed by atoms with Gasteiger partial charge in [-0.15, -0.1) is 0 Å². The maximum Gasteiger partial charge on any atom is 0.199 e. The Bertz CT molecular complexity index is 496. The summed E-state index contributed by atoms with van der Waals surface area (Å²) in [5, 5.41) is 0.986. The van der Waals surface area contributed by atoms with E-state index in [0.29, 0.717) is 15.8 Å². The van der Waals surface area contributed by atoms with Crippen LogP contribution in [0.4, 0.5) is 0 Å². The minimum atomic E-state index is 0.386. The fourth-order valence-corrected chi connectivity index (χ4v) is 1.83. The third-order valence-corrected chi connectivity index (χ3v) is 2.68. The molecule has 0 radical (unpaired) electrons. The van der Waals surface area contributed by atoms with Crippen LogP contribution in [0.15, 0.2) is 54.6 Å². The van der Waals surface area contributed by atoms with E-state index in [1.54, 1.807) is 6.07 Å². The number of ether oxygens (including phenoxy) is 1. The summed E-state index contributed by atoms with van der Waals surface area (Å²) < 4.78 is 5.53. The number of halogens is 1. The van der Waals surface area contributed by atoms with Crippen LogP contribution in [0.25, 0.3) is 0 Å². The zero-order chi connectivity index (χ0) is 11.4. The molecule has 1 nitrogen and oxygen atoms in total. The van der Waals surface area contributed by atoms with Crippen molar-refractivity contribution in [2.24, 2.45) is 0 Å². The molecule has 0 aliphatic carbocycles. The van der Waals surface area contributed by atoms with E-state index in [9.17, 15) is 0 Å². The Morgan fingerprint density at radius 3 is 2.25 bits per heavy atom. The highest BCUT2D eigenvalue weighted by Crippen LogP contribution is 2.18. The number of rotatable bonds is 2. The van der Waals surface area contributed by atoms with Crippen LogP contribution < -0.4 is 4.74 Å². The molecule has 0 aromatic heterocycles. The second-order valence-electron chi connectivity index (χ2n) is 3.18. The van der Waals surface area contributed by atoms with Crippen LogP contribution in [0.2, 0.25) is 5.02 Å². The van der Waals surface area contributed by atoms with Gasteiger partial charge in [-0.25, -0.2) is 0 Å². The molecule has 0 amide bonds. The van der Waals surface area contributed by atoms with Crippen LogP contribution in [0.3, 0.4) is 0 Å². The van der Waals surface area contributed by atoms with Crippen molar-refractivity contribution in [1.29, 1.82) is 0 Å². The first-order chi connectivity index (χ1) is 7.77. The van der Waals surface area contributed by atoms with Crippen molar-refractivity contribution >= 4 is 28.9 Å². The number of thiocarbonyl (C=S) groups is 1. The molecule has 0 atom stereocenters. The molecular weight excluding hydrogens is 240 g/mol. The van der Waals surface area contributed by atoms with E-state index < -0.39 is 0 Å². The molecule has 0 aliphatic rings. The van der Waals surface area contributed by atoms with Gasteiger partial charge in [-0.05, 0) is 36.5 Å². The van der Waals surface area contributed by atoms with E-state index in [4.69, 9.17) is 28.6 Å². The predicted octanol–water partition coefficient (Wildman–Crippen LogP) is 4.09. The van der Waals surface area contributed by atoms with Crippen LogP contribution in [-0.2, 0) is 0 Å². The normalized spacial score (nSPS) is 9.81. The minimum absolute atomic E-state index is 0.386. The summed E-state index contributed by atoms with van der Waals surface area (Å²) in [7, 11) is 0. The molecule has 3 heteroatoms. The standard InChI is InChI=1S/C13H9ClOS/c14-12-9-5-4-8-11(12)13(16)15-10-6-2-1-3-7-10/h1-9H. The Balaban J connectivity index is 2.19. The van der Waals surface area contributed by atoms with Gasteiger partial charge in [-0.3, -0.25) is 0 Å². The largest absolute Gasteiger partial charge is 0.445 e. The average molecular weight is 249 g/mol. The highest BCUT2D eigenvalue weighted by molar-refractivity contribution is 7.80. The summed E-state index contributed by atoms with van der Waals surface area (Å²) in [5.74, 6) is 0.715. The Morgan fingerprint density at radius 1 is 0.938 bits per heavy atom. The zero-order valence-electron chi connectivity index (χ0n) is 8.39. The number of benzene rings is 2. The van der Waals surface area contributed by atoms with Crippen molar-refractivity contribution < 1.29 is 4.74 Å². The van der Waals surface area contributed by atoms with Gasteiger partial charge in [0.25, 0.3) is 0 Å². The fourth-order valence-electron chi connectivity index (χ4n) is 1.28. The number of para-hydroxylation sites is 1. The lowest BCUT2D eigenvalue weighted by Gasteiger charge is -2.07. The molecule has 0 saturated heterocycles. The van der Waals surface area contributed by atoms with Crippen molar-refractivity contribution in [3.05, 3.63) is 65.2 Å². The summed E-state index contributed by atoms with van der Waals surface area (Å²) in [5.41, 5.74) is 0.739. The van der Waals surface area contributed by atoms with Crippen LogP contribution in [0.5, 0.6) is 5.75 Å². The maximum atomic E-state index is 6.02. The summed E-state index contributed by atoms with van der Waals surface area (Å²) >= 11 is 11.2. The van der Waals surface area contributed by atoms with E-state index in [-0.39, 0.29) is 0 Å².